The van der Waals surface area contributed by atoms with Crippen molar-refractivity contribution in [1.82, 2.24) is 10.6 Å². The maximum absolute atomic E-state index is 12.3. The van der Waals surface area contributed by atoms with Gasteiger partial charge in [-0.05, 0) is 18.4 Å². The number of benzene rings is 1. The monoisotopic (exact) mass is 341 g/mol. The van der Waals surface area contributed by atoms with E-state index in [1.165, 1.54) is 12.1 Å². The fourth-order valence-corrected chi connectivity index (χ4v) is 2.17. The van der Waals surface area contributed by atoms with E-state index in [2.05, 4.69) is 10.6 Å². The van der Waals surface area contributed by atoms with Crippen molar-refractivity contribution in [3.05, 3.63) is 38.9 Å². The highest BCUT2D eigenvalue weighted by Gasteiger charge is 2.25. The van der Waals surface area contributed by atoms with E-state index in [1.54, 1.807) is 0 Å². The van der Waals surface area contributed by atoms with Crippen molar-refractivity contribution >= 4 is 29.1 Å². The summed E-state index contributed by atoms with van der Waals surface area (Å²) in [6, 6.07) is 2.87. The van der Waals surface area contributed by atoms with Crippen molar-refractivity contribution in [3.63, 3.8) is 0 Å². The molecule has 0 saturated heterocycles. The fourth-order valence-electron chi connectivity index (χ4n) is 1.91. The quantitative estimate of drug-likeness (QED) is 0.587. The van der Waals surface area contributed by atoms with E-state index in [0.717, 1.165) is 12.5 Å². The van der Waals surface area contributed by atoms with Gasteiger partial charge in [0.1, 0.15) is 6.04 Å². The maximum Gasteiger partial charge on any atom is 0.270 e. The molecule has 1 unspecified atom stereocenters. The Morgan fingerprint density at radius 1 is 1.35 bits per heavy atom. The van der Waals surface area contributed by atoms with E-state index in [-0.39, 0.29) is 28.1 Å². The van der Waals surface area contributed by atoms with Crippen LogP contribution in [-0.2, 0) is 4.79 Å². The maximum atomic E-state index is 12.3. The predicted molar refractivity (Wildman–Crippen MR) is 87.5 cm³/mol. The molecule has 1 aromatic rings. The molecule has 0 aliphatic heterocycles. The van der Waals surface area contributed by atoms with E-state index in [4.69, 9.17) is 11.6 Å². The van der Waals surface area contributed by atoms with Crippen molar-refractivity contribution in [2.45, 2.75) is 33.2 Å². The van der Waals surface area contributed by atoms with Crippen LogP contribution in [0.2, 0.25) is 5.02 Å². The molecule has 0 spiro atoms. The number of rotatable bonds is 7. The second kappa shape index (κ2) is 8.47. The number of hydrogen-bond acceptors (Lipinski definition) is 4. The molecule has 0 radical (unpaired) electrons. The Labute approximate surface area is 139 Å². The van der Waals surface area contributed by atoms with E-state index < -0.39 is 16.9 Å². The van der Waals surface area contributed by atoms with E-state index in [1.807, 2.05) is 20.8 Å². The van der Waals surface area contributed by atoms with E-state index in [0.29, 0.717) is 6.54 Å². The molecule has 1 aromatic carbocycles. The lowest BCUT2D eigenvalue weighted by molar-refractivity contribution is -0.384. The smallest absolute Gasteiger partial charge is 0.270 e. The van der Waals surface area contributed by atoms with Gasteiger partial charge >= 0.3 is 0 Å². The lowest BCUT2D eigenvalue weighted by Crippen LogP contribution is -2.49. The summed E-state index contributed by atoms with van der Waals surface area (Å²) in [5, 5.41) is 16.0. The van der Waals surface area contributed by atoms with Gasteiger partial charge in [0, 0.05) is 18.7 Å². The lowest BCUT2D eigenvalue weighted by Gasteiger charge is -2.21. The number of non-ortho nitro benzene ring substituents is 1. The molecule has 0 aliphatic carbocycles. The topological polar surface area (TPSA) is 101 Å². The highest BCUT2D eigenvalue weighted by Crippen LogP contribution is 2.22. The van der Waals surface area contributed by atoms with Crippen molar-refractivity contribution in [2.75, 3.05) is 6.54 Å². The molecule has 0 aliphatic rings. The molecule has 0 saturated carbocycles. The van der Waals surface area contributed by atoms with Crippen LogP contribution in [0.15, 0.2) is 18.2 Å². The van der Waals surface area contributed by atoms with Gasteiger partial charge in [-0.25, -0.2) is 0 Å². The molecule has 8 heteroatoms. The van der Waals surface area contributed by atoms with Gasteiger partial charge in [-0.2, -0.15) is 0 Å². The number of hydrogen-bond donors (Lipinski definition) is 2. The van der Waals surface area contributed by atoms with Gasteiger partial charge in [0.25, 0.3) is 11.6 Å². The van der Waals surface area contributed by atoms with Crippen LogP contribution in [0.25, 0.3) is 0 Å². The zero-order valence-corrected chi connectivity index (χ0v) is 14.0. The highest BCUT2D eigenvalue weighted by atomic mass is 35.5. The summed E-state index contributed by atoms with van der Waals surface area (Å²) in [7, 11) is 0. The summed E-state index contributed by atoms with van der Waals surface area (Å²) < 4.78 is 0. The molecule has 2 N–H and O–H groups in total. The number of halogens is 1. The van der Waals surface area contributed by atoms with Crippen LogP contribution in [0.1, 0.15) is 37.6 Å². The molecular formula is C15H20ClN3O4. The van der Waals surface area contributed by atoms with Crippen molar-refractivity contribution < 1.29 is 14.5 Å². The third kappa shape index (κ3) is 5.21. The number of carbonyl (C=O) groups is 2. The van der Waals surface area contributed by atoms with Crippen LogP contribution in [0.4, 0.5) is 5.69 Å². The first-order valence-electron chi connectivity index (χ1n) is 7.30. The Balaban J connectivity index is 2.91. The average molecular weight is 342 g/mol. The summed E-state index contributed by atoms with van der Waals surface area (Å²) in [5.74, 6) is -0.934. The van der Waals surface area contributed by atoms with Gasteiger partial charge < -0.3 is 10.6 Å². The predicted octanol–water partition coefficient (Wildman–Crippen LogP) is 2.53. The Morgan fingerprint density at radius 3 is 2.48 bits per heavy atom. The summed E-state index contributed by atoms with van der Waals surface area (Å²) in [6.07, 6.45) is 0.790. The zero-order valence-electron chi connectivity index (χ0n) is 13.3. The standard InChI is InChI=1S/C15H20ClN3O4/c1-4-7-17-15(21)13(9(2)3)18-14(20)11-6-5-10(19(22)23)8-12(11)16/h5-6,8-9,13H,4,7H2,1-3H3,(H,17,21)(H,18,20). The summed E-state index contributed by atoms with van der Waals surface area (Å²) >= 11 is 5.93. The van der Waals surface area contributed by atoms with Crippen LogP contribution in [-0.4, -0.2) is 29.3 Å². The molecule has 0 bridgehead atoms. The molecular weight excluding hydrogens is 322 g/mol. The molecule has 0 heterocycles. The Morgan fingerprint density at radius 2 is 2.00 bits per heavy atom. The highest BCUT2D eigenvalue weighted by molar-refractivity contribution is 6.34. The minimum atomic E-state index is -0.708. The first-order valence-corrected chi connectivity index (χ1v) is 7.68. The number of amides is 2. The van der Waals surface area contributed by atoms with Gasteiger partial charge in [-0.1, -0.05) is 32.4 Å². The van der Waals surface area contributed by atoms with Crippen LogP contribution in [0.3, 0.4) is 0 Å². The van der Waals surface area contributed by atoms with E-state index >= 15 is 0 Å². The SMILES string of the molecule is CCCNC(=O)C(NC(=O)c1ccc([N+](=O)[O-])cc1Cl)C(C)C. The Hall–Kier alpha value is -2.15. The Bertz CT molecular complexity index is 604. The molecule has 23 heavy (non-hydrogen) atoms. The van der Waals surface area contributed by atoms with Gasteiger partial charge in [-0.15, -0.1) is 0 Å². The summed E-state index contributed by atoms with van der Waals surface area (Å²) in [5.41, 5.74) is -0.112. The van der Waals surface area contributed by atoms with Crippen molar-refractivity contribution in [3.8, 4) is 0 Å². The van der Waals surface area contributed by atoms with Gasteiger partial charge in [0.05, 0.1) is 15.5 Å². The normalized spacial score (nSPS) is 11.9. The fraction of sp³-hybridized carbons (Fsp3) is 0.467. The van der Waals surface area contributed by atoms with Crippen molar-refractivity contribution in [2.24, 2.45) is 5.92 Å². The second-order valence-corrected chi connectivity index (χ2v) is 5.81. The first-order chi connectivity index (χ1) is 10.8. The first kappa shape index (κ1) is 18.9. The molecule has 7 nitrogen and oxygen atoms in total. The largest absolute Gasteiger partial charge is 0.354 e. The number of nitrogens with zero attached hydrogens (tertiary/aromatic N) is 1. The van der Waals surface area contributed by atoms with Gasteiger partial charge in [0.15, 0.2) is 0 Å². The number of nitro groups is 1. The second-order valence-electron chi connectivity index (χ2n) is 5.41. The minimum absolute atomic E-state index is 0.0341. The molecule has 126 valence electrons. The average Bonchev–Trinajstić information content (AvgIpc) is 2.49. The van der Waals surface area contributed by atoms with Crippen LogP contribution >= 0.6 is 11.6 Å². The molecule has 0 aromatic heterocycles. The van der Waals surface area contributed by atoms with Crippen LogP contribution < -0.4 is 10.6 Å². The molecule has 1 atom stereocenters. The summed E-state index contributed by atoms with van der Waals surface area (Å²) in [4.78, 5) is 34.5. The molecule has 1 rings (SSSR count). The van der Waals surface area contributed by atoms with Gasteiger partial charge in [0.2, 0.25) is 5.91 Å². The van der Waals surface area contributed by atoms with Gasteiger partial charge in [-0.3, -0.25) is 19.7 Å². The molecule has 0 fully saturated rings. The van der Waals surface area contributed by atoms with Crippen molar-refractivity contribution in [1.29, 1.82) is 0 Å². The third-order valence-electron chi connectivity index (χ3n) is 3.19. The molecule has 2 amide bonds. The Kier molecular flexibility index (Phi) is 6.96. The van der Waals surface area contributed by atoms with Crippen LogP contribution in [0, 0.1) is 16.0 Å². The zero-order chi connectivity index (χ0) is 17.6. The number of nitrogens with one attached hydrogen (secondary N) is 2. The summed E-state index contributed by atoms with van der Waals surface area (Å²) in [6.45, 7) is 6.08. The van der Waals surface area contributed by atoms with Crippen LogP contribution in [0.5, 0.6) is 0 Å². The lowest BCUT2D eigenvalue weighted by atomic mass is 10.0. The minimum Gasteiger partial charge on any atom is -0.354 e. The number of carbonyl (C=O) groups excluding carboxylic acids is 2. The third-order valence-corrected chi connectivity index (χ3v) is 3.51. The van der Waals surface area contributed by atoms with E-state index in [9.17, 15) is 19.7 Å². The number of nitro benzene ring substituents is 1.